The first kappa shape index (κ1) is 20.4. The third kappa shape index (κ3) is 5.14. The van der Waals surface area contributed by atoms with Gasteiger partial charge in [-0.1, -0.05) is 41.1 Å². The van der Waals surface area contributed by atoms with Crippen molar-refractivity contribution >= 4 is 67.5 Å². The molecule has 1 aliphatic rings. The number of hydrogen-bond acceptors (Lipinski definition) is 4. The van der Waals surface area contributed by atoms with Crippen molar-refractivity contribution in [3.8, 4) is 5.75 Å². The largest absolute Gasteiger partial charge is 0.488 e. The molecule has 7 heteroatoms. The molecule has 1 heterocycles. The maximum atomic E-state index is 12.3. The number of thioether (sulfide) groups is 1. The molecule has 1 fully saturated rings. The van der Waals surface area contributed by atoms with Crippen LogP contribution in [0.3, 0.4) is 0 Å². The Morgan fingerprint density at radius 3 is 2.59 bits per heavy atom. The average Bonchev–Trinajstić information content (AvgIpc) is 2.90. The van der Waals surface area contributed by atoms with Gasteiger partial charge in [-0.2, -0.15) is 0 Å². The van der Waals surface area contributed by atoms with Gasteiger partial charge in [0, 0.05) is 11.0 Å². The average molecular weight is 558 g/mol. The van der Waals surface area contributed by atoms with Gasteiger partial charge in [0.25, 0.3) is 11.1 Å². The number of rotatable bonds is 6. The van der Waals surface area contributed by atoms with E-state index in [1.54, 1.807) is 6.08 Å². The highest BCUT2D eigenvalue weighted by Gasteiger charge is 2.34. The number of imide groups is 1. The van der Waals surface area contributed by atoms with Crippen molar-refractivity contribution in [3.05, 3.63) is 66.5 Å². The molecule has 0 radical (unpaired) electrons. The molecule has 27 heavy (non-hydrogen) atoms. The molecule has 2 aromatic rings. The second kappa shape index (κ2) is 9.25. The Hall–Kier alpha value is -1.32. The predicted molar refractivity (Wildman–Crippen MR) is 121 cm³/mol. The minimum atomic E-state index is -0.211. The molecule has 0 atom stereocenters. The second-order valence-electron chi connectivity index (χ2n) is 5.94. The smallest absolute Gasteiger partial charge is 0.293 e. The van der Waals surface area contributed by atoms with Crippen LogP contribution in [0.5, 0.6) is 5.75 Å². The molecular formula is C20H17BrINO3S. The van der Waals surface area contributed by atoms with Crippen LogP contribution >= 0.6 is 50.3 Å². The lowest BCUT2D eigenvalue weighted by atomic mass is 10.2. The van der Waals surface area contributed by atoms with Gasteiger partial charge in [-0.3, -0.25) is 14.5 Å². The zero-order chi connectivity index (χ0) is 19.4. The van der Waals surface area contributed by atoms with Crippen LogP contribution in [-0.2, 0) is 11.4 Å². The maximum absolute atomic E-state index is 12.3. The zero-order valence-electron chi connectivity index (χ0n) is 14.6. The summed E-state index contributed by atoms with van der Waals surface area (Å²) in [6.45, 7) is 2.89. The Morgan fingerprint density at radius 1 is 1.19 bits per heavy atom. The van der Waals surface area contributed by atoms with Gasteiger partial charge in [-0.25, -0.2) is 0 Å². The lowest BCUT2D eigenvalue weighted by molar-refractivity contribution is -0.122. The quantitative estimate of drug-likeness (QED) is 0.319. The highest BCUT2D eigenvalue weighted by atomic mass is 127. The molecule has 0 bridgehead atoms. The number of carbonyl (C=O) groups excluding carboxylic acids is 2. The van der Waals surface area contributed by atoms with E-state index in [4.69, 9.17) is 4.74 Å². The summed E-state index contributed by atoms with van der Waals surface area (Å²) in [5.41, 5.74) is 1.96. The van der Waals surface area contributed by atoms with Crippen molar-refractivity contribution in [1.29, 1.82) is 0 Å². The van der Waals surface area contributed by atoms with Crippen molar-refractivity contribution in [2.45, 2.75) is 20.0 Å². The lowest BCUT2D eigenvalue weighted by Crippen LogP contribution is -2.28. The van der Waals surface area contributed by atoms with Crippen LogP contribution in [0.1, 0.15) is 24.5 Å². The van der Waals surface area contributed by atoms with Crippen LogP contribution in [0.2, 0.25) is 0 Å². The summed E-state index contributed by atoms with van der Waals surface area (Å²) in [6, 6.07) is 13.7. The molecular weight excluding hydrogens is 541 g/mol. The summed E-state index contributed by atoms with van der Waals surface area (Å²) in [7, 11) is 0. The monoisotopic (exact) mass is 557 g/mol. The Labute approximate surface area is 184 Å². The molecule has 0 aliphatic carbocycles. The van der Waals surface area contributed by atoms with Crippen LogP contribution in [0.4, 0.5) is 4.79 Å². The highest BCUT2D eigenvalue weighted by molar-refractivity contribution is 14.1. The molecule has 0 N–H and O–H groups in total. The Bertz CT molecular complexity index is 899. The second-order valence-corrected chi connectivity index (χ2v) is 9.01. The number of carbonyl (C=O) groups is 2. The number of ether oxygens (including phenoxy) is 1. The molecule has 0 unspecified atom stereocenters. The molecule has 0 aromatic heterocycles. The normalized spacial score (nSPS) is 15.7. The van der Waals surface area contributed by atoms with E-state index in [0.29, 0.717) is 18.1 Å². The number of benzene rings is 2. The molecule has 0 saturated carbocycles. The van der Waals surface area contributed by atoms with Gasteiger partial charge >= 0.3 is 0 Å². The minimum Gasteiger partial charge on any atom is -0.488 e. The number of nitrogens with zero attached hydrogens (tertiary/aromatic N) is 1. The van der Waals surface area contributed by atoms with Crippen molar-refractivity contribution in [2.75, 3.05) is 6.54 Å². The lowest BCUT2D eigenvalue weighted by Gasteiger charge is -2.10. The van der Waals surface area contributed by atoms with Crippen molar-refractivity contribution in [2.24, 2.45) is 0 Å². The fraction of sp³-hybridized carbons (Fsp3) is 0.200. The molecule has 1 aliphatic heterocycles. The van der Waals surface area contributed by atoms with Gasteiger partial charge in [0.15, 0.2) is 0 Å². The van der Waals surface area contributed by atoms with Gasteiger partial charge in [-0.05, 0) is 82.2 Å². The first-order valence-corrected chi connectivity index (χ1v) is 11.1. The summed E-state index contributed by atoms with van der Waals surface area (Å²) in [6.07, 6.45) is 2.52. The van der Waals surface area contributed by atoms with E-state index in [9.17, 15) is 9.59 Å². The fourth-order valence-electron chi connectivity index (χ4n) is 2.53. The predicted octanol–water partition coefficient (Wildman–Crippen LogP) is 6.08. The Kier molecular flexibility index (Phi) is 6.99. The van der Waals surface area contributed by atoms with Crippen LogP contribution in [-0.4, -0.2) is 22.6 Å². The van der Waals surface area contributed by atoms with E-state index in [0.717, 1.165) is 43.1 Å². The van der Waals surface area contributed by atoms with Crippen LogP contribution in [0, 0.1) is 3.57 Å². The molecule has 3 rings (SSSR count). The SMILES string of the molecule is CCCN1C(=O)S/C(=C/c2ccc(OCc3ccc(Br)cc3)c(I)c2)C1=O. The van der Waals surface area contributed by atoms with E-state index in [1.165, 1.54) is 4.90 Å². The summed E-state index contributed by atoms with van der Waals surface area (Å²) < 4.78 is 7.88. The van der Waals surface area contributed by atoms with Gasteiger partial charge in [0.05, 0.1) is 8.48 Å². The van der Waals surface area contributed by atoms with Gasteiger partial charge in [-0.15, -0.1) is 0 Å². The Balaban J connectivity index is 1.70. The molecule has 140 valence electrons. The third-order valence-corrected chi connectivity index (χ3v) is 6.16. The Morgan fingerprint density at radius 2 is 1.93 bits per heavy atom. The van der Waals surface area contributed by atoms with Crippen molar-refractivity contribution < 1.29 is 14.3 Å². The molecule has 2 amide bonds. The molecule has 0 spiro atoms. The van der Waals surface area contributed by atoms with Gasteiger partial charge in [0.2, 0.25) is 0 Å². The van der Waals surface area contributed by atoms with E-state index in [2.05, 4.69) is 38.5 Å². The first-order chi connectivity index (χ1) is 13.0. The van der Waals surface area contributed by atoms with E-state index < -0.39 is 0 Å². The number of halogens is 2. The zero-order valence-corrected chi connectivity index (χ0v) is 19.1. The van der Waals surface area contributed by atoms with E-state index >= 15 is 0 Å². The van der Waals surface area contributed by atoms with Crippen LogP contribution in [0.25, 0.3) is 6.08 Å². The topological polar surface area (TPSA) is 46.6 Å². The minimum absolute atomic E-state index is 0.197. The van der Waals surface area contributed by atoms with Gasteiger partial charge in [0.1, 0.15) is 12.4 Å². The summed E-state index contributed by atoms with van der Waals surface area (Å²) in [5.74, 6) is 0.576. The summed E-state index contributed by atoms with van der Waals surface area (Å²) in [4.78, 5) is 26.0. The summed E-state index contributed by atoms with van der Waals surface area (Å²) >= 11 is 6.63. The maximum Gasteiger partial charge on any atom is 0.293 e. The summed E-state index contributed by atoms with van der Waals surface area (Å²) in [5, 5.41) is -0.197. The highest BCUT2D eigenvalue weighted by Crippen LogP contribution is 2.33. The first-order valence-electron chi connectivity index (χ1n) is 8.40. The van der Waals surface area contributed by atoms with Crippen LogP contribution < -0.4 is 4.74 Å². The van der Waals surface area contributed by atoms with Crippen LogP contribution in [0.15, 0.2) is 51.8 Å². The van der Waals surface area contributed by atoms with Gasteiger partial charge < -0.3 is 4.74 Å². The number of amides is 2. The fourth-order valence-corrected chi connectivity index (χ4v) is 4.36. The number of hydrogen-bond donors (Lipinski definition) is 0. The molecule has 1 saturated heterocycles. The molecule has 2 aromatic carbocycles. The van der Waals surface area contributed by atoms with Crippen molar-refractivity contribution in [1.82, 2.24) is 4.90 Å². The van der Waals surface area contributed by atoms with E-state index in [-0.39, 0.29) is 11.1 Å². The molecule has 4 nitrogen and oxygen atoms in total. The standard InChI is InChI=1S/C20H17BrINO3S/c1-2-9-23-19(24)18(27-20(23)25)11-14-5-8-17(16(22)10-14)26-12-13-3-6-15(21)7-4-13/h3-8,10-11H,2,9,12H2,1H3/b18-11+. The van der Waals surface area contributed by atoms with Crippen molar-refractivity contribution in [3.63, 3.8) is 0 Å². The van der Waals surface area contributed by atoms with E-state index in [1.807, 2.05) is 49.4 Å². The third-order valence-electron chi connectivity index (χ3n) is 3.88.